The Bertz CT molecular complexity index is 572. The lowest BCUT2D eigenvalue weighted by Crippen LogP contribution is -2.45. The number of carbonyl (C=O) groups excluding carboxylic acids is 1. The van der Waals surface area contributed by atoms with E-state index in [0.29, 0.717) is 12.0 Å². The molecule has 2 aliphatic heterocycles. The van der Waals surface area contributed by atoms with Crippen molar-refractivity contribution in [1.82, 2.24) is 15.5 Å². The molecule has 25 heavy (non-hydrogen) atoms. The molecule has 3 unspecified atom stereocenters. The van der Waals surface area contributed by atoms with Gasteiger partial charge in [-0.25, -0.2) is 0 Å². The van der Waals surface area contributed by atoms with E-state index in [2.05, 4.69) is 40.7 Å². The van der Waals surface area contributed by atoms with Gasteiger partial charge in [0.25, 0.3) is 0 Å². The largest absolute Gasteiger partial charge is 0.497 e. The molecule has 1 aromatic carbocycles. The highest BCUT2D eigenvalue weighted by molar-refractivity contribution is 5.81. The zero-order chi connectivity index (χ0) is 17.6. The third kappa shape index (κ3) is 4.73. The predicted octanol–water partition coefficient (Wildman–Crippen LogP) is 2.34. The van der Waals surface area contributed by atoms with Gasteiger partial charge in [0.15, 0.2) is 0 Å². The Morgan fingerprint density at radius 2 is 2.28 bits per heavy atom. The van der Waals surface area contributed by atoms with E-state index in [1.807, 2.05) is 6.07 Å². The number of piperidine rings is 1. The maximum Gasteiger partial charge on any atom is 0.237 e. The van der Waals surface area contributed by atoms with E-state index in [1.54, 1.807) is 7.11 Å². The summed E-state index contributed by atoms with van der Waals surface area (Å²) < 4.78 is 5.36. The fourth-order valence-corrected chi connectivity index (χ4v) is 4.00. The third-order valence-electron chi connectivity index (χ3n) is 5.62. The predicted molar refractivity (Wildman–Crippen MR) is 99.7 cm³/mol. The molecule has 1 aromatic rings. The number of ether oxygens (including phenoxy) is 1. The van der Waals surface area contributed by atoms with Crippen molar-refractivity contribution in [1.29, 1.82) is 0 Å². The summed E-state index contributed by atoms with van der Waals surface area (Å²) in [5.74, 6) is 1.62. The van der Waals surface area contributed by atoms with E-state index >= 15 is 0 Å². The molecule has 3 atom stereocenters. The molecular weight excluding hydrogens is 314 g/mol. The van der Waals surface area contributed by atoms with Crippen LogP contribution in [0.2, 0.25) is 0 Å². The number of hydrogen-bond acceptors (Lipinski definition) is 4. The number of nitrogens with one attached hydrogen (secondary N) is 2. The Kier molecular flexibility index (Phi) is 6.32. The molecule has 0 bridgehead atoms. The third-order valence-corrected chi connectivity index (χ3v) is 5.62. The normalized spacial score (nSPS) is 25.5. The van der Waals surface area contributed by atoms with E-state index in [9.17, 15) is 4.79 Å². The molecule has 2 aliphatic rings. The van der Waals surface area contributed by atoms with Crippen LogP contribution in [0.25, 0.3) is 0 Å². The van der Waals surface area contributed by atoms with E-state index in [1.165, 1.54) is 18.4 Å². The van der Waals surface area contributed by atoms with Crippen molar-refractivity contribution in [2.75, 3.05) is 33.3 Å². The molecule has 1 amide bonds. The van der Waals surface area contributed by atoms with E-state index in [4.69, 9.17) is 4.74 Å². The Hall–Kier alpha value is -1.59. The molecule has 3 rings (SSSR count). The van der Waals surface area contributed by atoms with Crippen molar-refractivity contribution in [2.24, 2.45) is 5.92 Å². The lowest BCUT2D eigenvalue weighted by molar-refractivity contribution is -0.123. The molecule has 2 saturated heterocycles. The van der Waals surface area contributed by atoms with Crippen LogP contribution in [0, 0.1) is 5.92 Å². The van der Waals surface area contributed by atoms with E-state index in [0.717, 1.165) is 44.8 Å². The number of rotatable bonds is 6. The number of carbonyl (C=O) groups is 1. The summed E-state index contributed by atoms with van der Waals surface area (Å²) in [7, 11) is 1.71. The van der Waals surface area contributed by atoms with Gasteiger partial charge in [-0.2, -0.15) is 0 Å². The second-order valence-electron chi connectivity index (χ2n) is 7.35. The number of methoxy groups -OCH3 is 1. The minimum Gasteiger partial charge on any atom is -0.497 e. The van der Waals surface area contributed by atoms with Gasteiger partial charge in [0, 0.05) is 19.1 Å². The van der Waals surface area contributed by atoms with Crippen molar-refractivity contribution >= 4 is 5.91 Å². The Labute approximate surface area is 151 Å². The van der Waals surface area contributed by atoms with Crippen molar-refractivity contribution in [2.45, 2.75) is 44.7 Å². The second-order valence-corrected chi connectivity index (χ2v) is 7.35. The molecule has 0 spiro atoms. The first kappa shape index (κ1) is 18.2. The van der Waals surface area contributed by atoms with Crippen LogP contribution in [0.15, 0.2) is 24.3 Å². The van der Waals surface area contributed by atoms with Crippen LogP contribution in [0.3, 0.4) is 0 Å². The molecule has 0 saturated carbocycles. The quantitative estimate of drug-likeness (QED) is 0.831. The Balaban J connectivity index is 1.52. The van der Waals surface area contributed by atoms with Crippen LogP contribution in [0.1, 0.15) is 44.2 Å². The first-order valence-electron chi connectivity index (χ1n) is 9.56. The second kappa shape index (κ2) is 8.68. The van der Waals surface area contributed by atoms with Crippen LogP contribution in [0.4, 0.5) is 0 Å². The summed E-state index contributed by atoms with van der Waals surface area (Å²) in [6, 6.07) is 8.73. The Morgan fingerprint density at radius 3 is 3.04 bits per heavy atom. The zero-order valence-electron chi connectivity index (χ0n) is 15.5. The zero-order valence-corrected chi connectivity index (χ0v) is 15.5. The summed E-state index contributed by atoms with van der Waals surface area (Å²) >= 11 is 0. The van der Waals surface area contributed by atoms with Crippen LogP contribution < -0.4 is 15.4 Å². The van der Waals surface area contributed by atoms with Gasteiger partial charge in [0.2, 0.25) is 5.91 Å². The average Bonchev–Trinajstić information content (AvgIpc) is 3.20. The summed E-state index contributed by atoms with van der Waals surface area (Å²) in [6.07, 6.45) is 4.46. The molecule has 5 nitrogen and oxygen atoms in total. The summed E-state index contributed by atoms with van der Waals surface area (Å²) in [4.78, 5) is 14.7. The minimum atomic E-state index is 0.0235. The maximum absolute atomic E-state index is 12.2. The van der Waals surface area contributed by atoms with Crippen molar-refractivity contribution in [3.8, 4) is 5.75 Å². The molecule has 5 heteroatoms. The highest BCUT2D eigenvalue weighted by Crippen LogP contribution is 2.28. The van der Waals surface area contributed by atoms with E-state index in [-0.39, 0.29) is 11.9 Å². The number of nitrogens with zero attached hydrogens (tertiary/aromatic N) is 1. The van der Waals surface area contributed by atoms with Gasteiger partial charge in [0.05, 0.1) is 13.2 Å². The topological polar surface area (TPSA) is 53.6 Å². The fraction of sp³-hybridized carbons (Fsp3) is 0.650. The number of hydrogen-bond donors (Lipinski definition) is 2. The fourth-order valence-electron chi connectivity index (χ4n) is 4.00. The van der Waals surface area contributed by atoms with Gasteiger partial charge in [-0.15, -0.1) is 0 Å². The Morgan fingerprint density at radius 1 is 1.40 bits per heavy atom. The summed E-state index contributed by atoms with van der Waals surface area (Å²) in [5.41, 5.74) is 1.29. The molecule has 2 N–H and O–H groups in total. The standard InChI is InChI=1S/C20H31N3O2/c1-15(17-7-3-8-18(12-17)25-2)23-11-5-6-16(14-23)13-22-20(24)19-9-4-10-21-19/h3,7-8,12,15-16,19,21H,4-6,9-11,13-14H2,1-2H3,(H,22,24). The highest BCUT2D eigenvalue weighted by Gasteiger charge is 2.26. The lowest BCUT2D eigenvalue weighted by atomic mass is 9.95. The average molecular weight is 345 g/mol. The number of likely N-dealkylation sites (tertiary alicyclic amines) is 1. The van der Waals surface area contributed by atoms with Gasteiger partial charge in [-0.1, -0.05) is 12.1 Å². The summed E-state index contributed by atoms with van der Waals surface area (Å²) in [6.45, 7) is 6.17. The molecule has 2 heterocycles. The summed E-state index contributed by atoms with van der Waals surface area (Å²) in [5, 5.41) is 6.43. The van der Waals surface area contributed by atoms with Crippen LogP contribution >= 0.6 is 0 Å². The SMILES string of the molecule is COc1cccc(C(C)N2CCCC(CNC(=O)C3CCCN3)C2)c1. The highest BCUT2D eigenvalue weighted by atomic mass is 16.5. The van der Waals surface area contributed by atoms with Gasteiger partial charge in [-0.3, -0.25) is 9.69 Å². The first-order chi connectivity index (χ1) is 12.2. The first-order valence-corrected chi connectivity index (χ1v) is 9.56. The molecule has 0 radical (unpaired) electrons. The van der Waals surface area contributed by atoms with Crippen LogP contribution in [-0.4, -0.2) is 50.1 Å². The van der Waals surface area contributed by atoms with Crippen molar-refractivity contribution < 1.29 is 9.53 Å². The van der Waals surface area contributed by atoms with Gasteiger partial charge >= 0.3 is 0 Å². The molecule has 2 fully saturated rings. The van der Waals surface area contributed by atoms with Crippen LogP contribution in [0.5, 0.6) is 5.75 Å². The van der Waals surface area contributed by atoms with E-state index < -0.39 is 0 Å². The molecule has 138 valence electrons. The minimum absolute atomic E-state index is 0.0235. The van der Waals surface area contributed by atoms with Gasteiger partial charge in [-0.05, 0) is 69.3 Å². The molecule has 0 aliphatic carbocycles. The van der Waals surface area contributed by atoms with Gasteiger partial charge in [0.1, 0.15) is 5.75 Å². The van der Waals surface area contributed by atoms with Crippen molar-refractivity contribution in [3.63, 3.8) is 0 Å². The number of benzene rings is 1. The van der Waals surface area contributed by atoms with Crippen LogP contribution in [-0.2, 0) is 4.79 Å². The molecular formula is C20H31N3O2. The maximum atomic E-state index is 12.2. The number of amides is 1. The van der Waals surface area contributed by atoms with Crippen molar-refractivity contribution in [3.05, 3.63) is 29.8 Å². The monoisotopic (exact) mass is 345 g/mol. The smallest absolute Gasteiger partial charge is 0.237 e. The lowest BCUT2D eigenvalue weighted by Gasteiger charge is -2.37. The van der Waals surface area contributed by atoms with Gasteiger partial charge < -0.3 is 15.4 Å². The molecule has 0 aromatic heterocycles.